The van der Waals surface area contributed by atoms with Crippen LogP contribution in [0.2, 0.25) is 12.6 Å². The van der Waals surface area contributed by atoms with Crippen LogP contribution >= 0.6 is 8.53 Å². The van der Waals surface area contributed by atoms with Crippen LogP contribution in [0.15, 0.2) is 161 Å². The van der Waals surface area contributed by atoms with Crippen molar-refractivity contribution in [3.8, 4) is 11.5 Å². The number of nitrogens with zero attached hydrogens (tertiary/aromatic N) is 2. The zero-order valence-corrected chi connectivity index (χ0v) is 37.3. The van der Waals surface area contributed by atoms with Crippen molar-refractivity contribution in [3.63, 3.8) is 0 Å². The molecule has 3 fully saturated rings. The van der Waals surface area contributed by atoms with Gasteiger partial charge < -0.3 is 28.0 Å². The topological polar surface area (TPSA) is 113 Å². The fraction of sp³-hybridized carbons (Fsp3) is 0.306. The molecule has 14 heteroatoms. The molecule has 0 saturated carbocycles. The molecule has 1 aromatic heterocycles. The summed E-state index contributed by atoms with van der Waals surface area (Å²) in [4.78, 5) is 27.6. The molecule has 3 aliphatic rings. The number of benzene rings is 5. The molecule has 6 aromatic rings. The van der Waals surface area contributed by atoms with Crippen molar-refractivity contribution in [3.05, 3.63) is 189 Å². The maximum Gasteiger partial charge on any atom is 0.330 e. The Balaban J connectivity index is 1.07. The number of fused-ring (bicyclic) bond motifs is 1. The fourth-order valence-corrected chi connectivity index (χ4v) is 15.4. The molecule has 11 nitrogen and oxygen atoms in total. The molecule has 7 atom stereocenters. The van der Waals surface area contributed by atoms with Crippen molar-refractivity contribution < 1.29 is 32.4 Å². The molecular formula is C49H51FN3O8PSi. The fourth-order valence-electron chi connectivity index (χ4n) is 9.47. The smallest absolute Gasteiger partial charge is 0.330 e. The zero-order valence-electron chi connectivity index (χ0n) is 35.4. The first-order valence-electron chi connectivity index (χ1n) is 21.3. The zero-order chi connectivity index (χ0) is 43.6. The molecule has 4 heterocycles. The van der Waals surface area contributed by atoms with Gasteiger partial charge in [-0.3, -0.25) is 14.3 Å². The normalized spacial score (nSPS) is 23.7. The summed E-state index contributed by atoms with van der Waals surface area (Å²) in [7, 11) is -0.860. The van der Waals surface area contributed by atoms with Gasteiger partial charge in [0.1, 0.15) is 37.4 Å². The van der Waals surface area contributed by atoms with Gasteiger partial charge in [-0.1, -0.05) is 132 Å². The van der Waals surface area contributed by atoms with Gasteiger partial charge >= 0.3 is 5.69 Å². The van der Waals surface area contributed by atoms with Crippen LogP contribution in [0.3, 0.4) is 0 Å². The molecular weight excluding hydrogens is 837 g/mol. The summed E-state index contributed by atoms with van der Waals surface area (Å²) in [6.07, 6.45) is -2.50. The van der Waals surface area contributed by atoms with Crippen LogP contribution in [0.5, 0.6) is 11.5 Å². The number of rotatable bonds is 15. The third-order valence-corrected chi connectivity index (χ3v) is 19.0. The molecule has 0 spiro atoms. The summed E-state index contributed by atoms with van der Waals surface area (Å²) in [5.41, 5.74) is -0.238. The predicted molar refractivity (Wildman–Crippen MR) is 243 cm³/mol. The Hall–Kier alpha value is -5.24. The highest BCUT2D eigenvalue weighted by atomic mass is 31.2. The number of ether oxygens (including phenoxy) is 4. The average Bonchev–Trinajstić information content (AvgIpc) is 4.03. The van der Waals surface area contributed by atoms with Gasteiger partial charge in [0.25, 0.3) is 14.1 Å². The number of nitrogens with one attached hydrogen (secondary N) is 1. The minimum atomic E-state index is -2.33. The highest BCUT2D eigenvalue weighted by Gasteiger charge is 2.55. The Bertz CT molecular complexity index is 2480. The molecule has 1 N–H and O–H groups in total. The maximum atomic E-state index is 17.4. The minimum Gasteiger partial charge on any atom is -0.497 e. The van der Waals surface area contributed by atoms with E-state index in [0.717, 1.165) is 46.7 Å². The second-order valence-electron chi connectivity index (χ2n) is 16.4. The monoisotopic (exact) mass is 887 g/mol. The summed E-state index contributed by atoms with van der Waals surface area (Å²) < 4.78 is 59.5. The number of H-pyrrole nitrogens is 1. The van der Waals surface area contributed by atoms with Crippen molar-refractivity contribution in [1.82, 2.24) is 14.2 Å². The summed E-state index contributed by atoms with van der Waals surface area (Å²) in [5, 5.41) is 2.63. The quantitative estimate of drug-likeness (QED) is 0.0652. The van der Waals surface area contributed by atoms with E-state index in [9.17, 15) is 9.59 Å². The standard InChI is InChI=1S/C49H51FN3O8PSi/c1-56-37-25-21-35(22-26-37)49(34-14-7-4-8-15-34,36-23-27-38(57-2)28-24-36)58-32-42-46(45(50)47(59-42)52-31-29-44(54)51-48(52)55)61-62-53-30-13-20-41(53)43(60-62)33-63(3,39-16-9-5-10-17-39)40-18-11-6-12-19-40/h4-12,14-19,21-29,31,41-43,45-47H,13,20,30,32-33H2,1-3H3,(H,51,54,55)/t41-,42-,43+,45?,46+,47-,62-/m1/s1. The lowest BCUT2D eigenvalue weighted by Gasteiger charge is -2.37. The molecule has 0 bridgehead atoms. The van der Waals surface area contributed by atoms with E-state index in [1.807, 2.05) is 91.0 Å². The van der Waals surface area contributed by atoms with Crippen LogP contribution < -0.4 is 31.1 Å². The van der Waals surface area contributed by atoms with E-state index < -0.39 is 58.1 Å². The van der Waals surface area contributed by atoms with E-state index in [1.54, 1.807) is 14.2 Å². The first kappa shape index (κ1) is 43.0. The Morgan fingerprint density at radius 1 is 0.762 bits per heavy atom. The van der Waals surface area contributed by atoms with Crippen LogP contribution in [0, 0.1) is 0 Å². The van der Waals surface area contributed by atoms with Gasteiger partial charge in [0.05, 0.1) is 26.9 Å². The molecule has 326 valence electrons. The van der Waals surface area contributed by atoms with E-state index >= 15 is 4.39 Å². The van der Waals surface area contributed by atoms with Gasteiger partial charge in [-0.15, -0.1) is 0 Å². The van der Waals surface area contributed by atoms with Gasteiger partial charge in [-0.2, -0.15) is 0 Å². The van der Waals surface area contributed by atoms with Crippen molar-refractivity contribution in [1.29, 1.82) is 0 Å². The van der Waals surface area contributed by atoms with Crippen molar-refractivity contribution >= 4 is 27.0 Å². The van der Waals surface area contributed by atoms with Gasteiger partial charge in [0, 0.05) is 24.8 Å². The van der Waals surface area contributed by atoms with Crippen LogP contribution in [0.25, 0.3) is 0 Å². The van der Waals surface area contributed by atoms with Crippen molar-refractivity contribution in [2.75, 3.05) is 27.4 Å². The predicted octanol–water partition coefficient (Wildman–Crippen LogP) is 7.17. The second-order valence-corrected chi connectivity index (χ2v) is 22.1. The summed E-state index contributed by atoms with van der Waals surface area (Å²) in [6.45, 7) is 2.99. The number of aromatic amines is 1. The number of alkyl halides is 1. The van der Waals surface area contributed by atoms with Crippen LogP contribution in [-0.2, 0) is 24.1 Å². The van der Waals surface area contributed by atoms with Gasteiger partial charge in [-0.25, -0.2) is 13.9 Å². The second kappa shape index (κ2) is 18.5. The van der Waals surface area contributed by atoms with Crippen LogP contribution in [-0.4, -0.2) is 80.2 Å². The Morgan fingerprint density at radius 3 is 1.87 bits per heavy atom. The lowest BCUT2D eigenvalue weighted by atomic mass is 9.80. The summed E-state index contributed by atoms with van der Waals surface area (Å²) in [6, 6.07) is 48.6. The van der Waals surface area contributed by atoms with E-state index in [1.165, 1.54) is 22.6 Å². The third kappa shape index (κ3) is 8.35. The SMILES string of the molecule is COc1ccc(C(OC[C@H]2O[C@@H](n3ccc(=O)[nH]c3=O)C(F)[C@H]2O[P@@]2O[C@@H](C[Si](C)(c3ccccc3)c3ccccc3)[C@H]3CCCN32)(c2ccccc2)c2ccc(OC)cc2)cc1. The van der Waals surface area contributed by atoms with E-state index in [4.69, 9.17) is 28.0 Å². The molecule has 3 saturated heterocycles. The molecule has 0 radical (unpaired) electrons. The van der Waals surface area contributed by atoms with Crippen molar-refractivity contribution in [2.45, 2.75) is 67.8 Å². The molecule has 0 aliphatic carbocycles. The van der Waals surface area contributed by atoms with E-state index in [2.05, 4.69) is 64.7 Å². The number of halogens is 1. The number of methoxy groups -OCH3 is 2. The molecule has 5 aromatic carbocycles. The Morgan fingerprint density at radius 2 is 1.32 bits per heavy atom. The lowest BCUT2D eigenvalue weighted by Crippen LogP contribution is -2.58. The number of hydrogen-bond donors (Lipinski definition) is 1. The molecule has 63 heavy (non-hydrogen) atoms. The summed E-state index contributed by atoms with van der Waals surface area (Å²) >= 11 is 0. The van der Waals surface area contributed by atoms with E-state index in [-0.39, 0.29) is 18.8 Å². The first-order chi connectivity index (χ1) is 30.7. The third-order valence-electron chi connectivity index (χ3n) is 12.8. The molecule has 1 unspecified atom stereocenters. The Kier molecular flexibility index (Phi) is 12.6. The largest absolute Gasteiger partial charge is 0.497 e. The maximum absolute atomic E-state index is 17.4. The molecule has 0 amide bonds. The van der Waals surface area contributed by atoms with Gasteiger partial charge in [-0.05, 0) is 59.8 Å². The average molecular weight is 888 g/mol. The molecule has 3 aliphatic heterocycles. The van der Waals surface area contributed by atoms with E-state index in [0.29, 0.717) is 11.5 Å². The van der Waals surface area contributed by atoms with Crippen molar-refractivity contribution in [2.24, 2.45) is 0 Å². The molecule has 9 rings (SSSR count). The lowest BCUT2D eigenvalue weighted by molar-refractivity contribution is -0.0930. The number of hydrogen-bond acceptors (Lipinski definition) is 9. The minimum absolute atomic E-state index is 0.0962. The first-order valence-corrected chi connectivity index (χ1v) is 25.2. The number of aromatic nitrogens is 2. The summed E-state index contributed by atoms with van der Waals surface area (Å²) in [5.74, 6) is 1.34. The van der Waals surface area contributed by atoms with Gasteiger partial charge in [0.15, 0.2) is 12.4 Å². The van der Waals surface area contributed by atoms with Crippen LogP contribution in [0.1, 0.15) is 35.8 Å². The Labute approximate surface area is 368 Å². The highest BCUT2D eigenvalue weighted by Crippen LogP contribution is 2.59. The van der Waals surface area contributed by atoms with Gasteiger partial charge in [0.2, 0.25) is 0 Å². The van der Waals surface area contributed by atoms with Crippen LogP contribution in [0.4, 0.5) is 4.39 Å². The highest BCUT2D eigenvalue weighted by molar-refractivity contribution is 7.45.